The third kappa shape index (κ3) is 2.82. The molecule has 0 spiro atoms. The highest BCUT2D eigenvalue weighted by Gasteiger charge is 2.28. The summed E-state index contributed by atoms with van der Waals surface area (Å²) in [5, 5.41) is 2.98. The van der Waals surface area contributed by atoms with Gasteiger partial charge in [-0.3, -0.25) is 9.78 Å². The van der Waals surface area contributed by atoms with Gasteiger partial charge in [0.2, 0.25) is 0 Å². The number of hydrogen-bond donors (Lipinski definition) is 1. The molecule has 1 atom stereocenters. The molecule has 1 saturated heterocycles. The molecule has 24 heavy (non-hydrogen) atoms. The van der Waals surface area contributed by atoms with E-state index in [9.17, 15) is 4.79 Å². The zero-order valence-electron chi connectivity index (χ0n) is 13.2. The number of nitrogens with one attached hydrogen (secondary N) is 1. The first-order chi connectivity index (χ1) is 11.8. The van der Waals surface area contributed by atoms with Crippen molar-refractivity contribution in [2.45, 2.75) is 18.9 Å². The SMILES string of the molecule is O=C(NCC1CCCN1c1nc2ccccc2o1)c1cccnc1. The highest BCUT2D eigenvalue weighted by Crippen LogP contribution is 2.27. The Labute approximate surface area is 139 Å². The molecule has 1 aliphatic rings. The Balaban J connectivity index is 1.46. The number of para-hydroxylation sites is 2. The molecule has 0 bridgehead atoms. The number of anilines is 1. The van der Waals surface area contributed by atoms with Crippen molar-refractivity contribution in [3.05, 3.63) is 54.4 Å². The van der Waals surface area contributed by atoms with Gasteiger partial charge in [0.05, 0.1) is 11.6 Å². The molecule has 1 N–H and O–H groups in total. The molecular weight excluding hydrogens is 304 g/mol. The average Bonchev–Trinajstić information content (AvgIpc) is 3.26. The van der Waals surface area contributed by atoms with Crippen molar-refractivity contribution in [3.63, 3.8) is 0 Å². The molecule has 4 rings (SSSR count). The van der Waals surface area contributed by atoms with Gasteiger partial charge in [0, 0.05) is 25.5 Å². The molecule has 1 amide bonds. The lowest BCUT2D eigenvalue weighted by atomic mass is 10.2. The van der Waals surface area contributed by atoms with E-state index in [1.807, 2.05) is 24.3 Å². The molecule has 3 heterocycles. The summed E-state index contributed by atoms with van der Waals surface area (Å²) in [5.41, 5.74) is 2.22. The molecular formula is C18H18N4O2. The third-order valence-electron chi connectivity index (χ3n) is 4.33. The van der Waals surface area contributed by atoms with Crippen molar-refractivity contribution in [1.29, 1.82) is 0 Å². The predicted octanol–water partition coefficient (Wildman–Crippen LogP) is 2.62. The summed E-state index contributed by atoms with van der Waals surface area (Å²) in [6, 6.07) is 12.1. The van der Waals surface area contributed by atoms with Crippen LogP contribution >= 0.6 is 0 Å². The largest absolute Gasteiger partial charge is 0.423 e. The molecule has 1 fully saturated rings. The zero-order valence-corrected chi connectivity index (χ0v) is 13.2. The van der Waals surface area contributed by atoms with Gasteiger partial charge in [-0.2, -0.15) is 4.98 Å². The van der Waals surface area contributed by atoms with Crippen LogP contribution in [0.5, 0.6) is 0 Å². The first-order valence-corrected chi connectivity index (χ1v) is 8.12. The number of benzene rings is 1. The van der Waals surface area contributed by atoms with Crippen molar-refractivity contribution in [1.82, 2.24) is 15.3 Å². The average molecular weight is 322 g/mol. The molecule has 1 unspecified atom stereocenters. The number of rotatable bonds is 4. The highest BCUT2D eigenvalue weighted by molar-refractivity contribution is 5.93. The second kappa shape index (κ2) is 6.31. The molecule has 1 aliphatic heterocycles. The number of pyridine rings is 1. The monoisotopic (exact) mass is 322 g/mol. The van der Waals surface area contributed by atoms with Gasteiger partial charge in [-0.05, 0) is 37.1 Å². The molecule has 0 radical (unpaired) electrons. The molecule has 122 valence electrons. The lowest BCUT2D eigenvalue weighted by Gasteiger charge is -2.23. The number of aromatic nitrogens is 2. The van der Waals surface area contributed by atoms with Crippen LogP contribution < -0.4 is 10.2 Å². The minimum Gasteiger partial charge on any atom is -0.423 e. The van der Waals surface area contributed by atoms with Crippen LogP contribution in [0.1, 0.15) is 23.2 Å². The first-order valence-electron chi connectivity index (χ1n) is 8.12. The number of carbonyl (C=O) groups excluding carboxylic acids is 1. The van der Waals surface area contributed by atoms with Crippen molar-refractivity contribution in [2.75, 3.05) is 18.0 Å². The standard InChI is InChI=1S/C18H18N4O2/c23-17(13-5-3-9-19-11-13)20-12-14-6-4-10-22(14)18-21-15-7-1-2-8-16(15)24-18/h1-3,5,7-9,11,14H,4,6,10,12H2,(H,20,23). The Hall–Kier alpha value is -2.89. The van der Waals surface area contributed by atoms with Crippen LogP contribution in [0.3, 0.4) is 0 Å². The summed E-state index contributed by atoms with van der Waals surface area (Å²) in [6.45, 7) is 1.45. The predicted molar refractivity (Wildman–Crippen MR) is 90.9 cm³/mol. The molecule has 3 aromatic rings. The van der Waals surface area contributed by atoms with Crippen molar-refractivity contribution >= 4 is 23.0 Å². The van der Waals surface area contributed by atoms with Gasteiger partial charge in [0.15, 0.2) is 5.58 Å². The van der Waals surface area contributed by atoms with Crippen LogP contribution in [0.25, 0.3) is 11.1 Å². The summed E-state index contributed by atoms with van der Waals surface area (Å²) < 4.78 is 5.87. The summed E-state index contributed by atoms with van der Waals surface area (Å²) >= 11 is 0. The number of oxazole rings is 1. The molecule has 6 heteroatoms. The van der Waals surface area contributed by atoms with E-state index >= 15 is 0 Å². The van der Waals surface area contributed by atoms with Crippen LogP contribution in [0.15, 0.2) is 53.2 Å². The van der Waals surface area contributed by atoms with E-state index in [0.29, 0.717) is 18.1 Å². The Kier molecular flexibility index (Phi) is 3.86. The van der Waals surface area contributed by atoms with E-state index in [1.165, 1.54) is 0 Å². The van der Waals surface area contributed by atoms with E-state index in [2.05, 4.69) is 20.2 Å². The maximum Gasteiger partial charge on any atom is 0.298 e. The molecule has 0 aliphatic carbocycles. The fraction of sp³-hybridized carbons (Fsp3) is 0.278. The smallest absolute Gasteiger partial charge is 0.298 e. The quantitative estimate of drug-likeness (QED) is 0.799. The Morgan fingerprint density at radius 2 is 2.21 bits per heavy atom. The summed E-state index contributed by atoms with van der Waals surface area (Å²) in [4.78, 5) is 22.9. The molecule has 0 saturated carbocycles. The molecule has 1 aromatic carbocycles. The minimum absolute atomic E-state index is 0.104. The highest BCUT2D eigenvalue weighted by atomic mass is 16.4. The normalized spacial score (nSPS) is 17.3. The Morgan fingerprint density at radius 3 is 3.04 bits per heavy atom. The zero-order chi connectivity index (χ0) is 16.4. The third-order valence-corrected chi connectivity index (χ3v) is 4.33. The minimum atomic E-state index is -0.104. The van der Waals surface area contributed by atoms with Gasteiger partial charge in [-0.15, -0.1) is 0 Å². The van der Waals surface area contributed by atoms with Gasteiger partial charge in [-0.1, -0.05) is 12.1 Å². The molecule has 6 nitrogen and oxygen atoms in total. The molecule has 2 aromatic heterocycles. The maximum atomic E-state index is 12.2. The first kappa shape index (κ1) is 14.7. The van der Waals surface area contributed by atoms with Gasteiger partial charge >= 0.3 is 0 Å². The van der Waals surface area contributed by atoms with Gasteiger partial charge < -0.3 is 14.6 Å². The van der Waals surface area contributed by atoms with E-state index in [-0.39, 0.29) is 11.9 Å². The van der Waals surface area contributed by atoms with Gasteiger partial charge in [-0.25, -0.2) is 0 Å². The summed E-state index contributed by atoms with van der Waals surface area (Å²) in [5.74, 6) is -0.104. The van der Waals surface area contributed by atoms with Crippen molar-refractivity contribution in [2.24, 2.45) is 0 Å². The maximum absolute atomic E-state index is 12.2. The topological polar surface area (TPSA) is 71.3 Å². The van der Waals surface area contributed by atoms with Crippen molar-refractivity contribution < 1.29 is 9.21 Å². The summed E-state index contributed by atoms with van der Waals surface area (Å²) in [7, 11) is 0. The number of amides is 1. The second-order valence-electron chi connectivity index (χ2n) is 5.91. The lowest BCUT2D eigenvalue weighted by molar-refractivity contribution is 0.0951. The van der Waals surface area contributed by atoms with Crippen LogP contribution in [0.4, 0.5) is 6.01 Å². The van der Waals surface area contributed by atoms with E-state index in [4.69, 9.17) is 4.42 Å². The lowest BCUT2D eigenvalue weighted by Crippen LogP contribution is -2.40. The van der Waals surface area contributed by atoms with E-state index in [1.54, 1.807) is 24.5 Å². The van der Waals surface area contributed by atoms with Gasteiger partial charge in [0.25, 0.3) is 11.9 Å². The number of nitrogens with zero attached hydrogens (tertiary/aromatic N) is 3. The fourth-order valence-corrected chi connectivity index (χ4v) is 3.09. The fourth-order valence-electron chi connectivity index (χ4n) is 3.09. The van der Waals surface area contributed by atoms with Crippen LogP contribution in [0.2, 0.25) is 0 Å². The van der Waals surface area contributed by atoms with E-state index < -0.39 is 0 Å². The second-order valence-corrected chi connectivity index (χ2v) is 5.91. The van der Waals surface area contributed by atoms with Crippen LogP contribution in [0, 0.1) is 0 Å². The number of fused-ring (bicyclic) bond motifs is 1. The Bertz CT molecular complexity index is 813. The van der Waals surface area contributed by atoms with Crippen LogP contribution in [-0.4, -0.2) is 35.0 Å². The summed E-state index contributed by atoms with van der Waals surface area (Å²) in [6.07, 6.45) is 5.30. The van der Waals surface area contributed by atoms with Gasteiger partial charge in [0.1, 0.15) is 5.52 Å². The van der Waals surface area contributed by atoms with Crippen molar-refractivity contribution in [3.8, 4) is 0 Å². The number of hydrogen-bond acceptors (Lipinski definition) is 5. The van der Waals surface area contributed by atoms with E-state index in [0.717, 1.165) is 30.5 Å². The Morgan fingerprint density at radius 1 is 1.29 bits per heavy atom. The van der Waals surface area contributed by atoms with Crippen LogP contribution in [-0.2, 0) is 0 Å². The number of carbonyl (C=O) groups is 1.